The van der Waals surface area contributed by atoms with Gasteiger partial charge in [-0.3, -0.25) is 4.90 Å². The first-order valence-corrected chi connectivity index (χ1v) is 10.3. The molecule has 0 bridgehead atoms. The highest BCUT2D eigenvalue weighted by Gasteiger charge is 2.24. The van der Waals surface area contributed by atoms with Gasteiger partial charge in [0.2, 0.25) is 5.88 Å². The van der Waals surface area contributed by atoms with Crippen molar-refractivity contribution in [1.29, 1.82) is 5.26 Å². The number of nitriles is 1. The van der Waals surface area contributed by atoms with Crippen molar-refractivity contribution in [3.63, 3.8) is 0 Å². The molecule has 152 valence electrons. The van der Waals surface area contributed by atoms with E-state index in [1.807, 2.05) is 13.0 Å². The molecule has 0 spiro atoms. The number of likely N-dealkylation sites (tertiary alicyclic amines) is 1. The van der Waals surface area contributed by atoms with Crippen LogP contribution in [0.3, 0.4) is 0 Å². The largest absolute Gasteiger partial charge is 0.490 e. The second kappa shape index (κ2) is 9.43. The molecule has 4 rings (SSSR count). The number of hydrogen-bond acceptors (Lipinski definition) is 5. The van der Waals surface area contributed by atoms with Crippen LogP contribution < -0.4 is 9.47 Å². The lowest BCUT2D eigenvalue weighted by molar-refractivity contribution is 0.312. The molecule has 0 radical (unpaired) electrons. The molecule has 2 aromatic carbocycles. The Morgan fingerprint density at radius 2 is 1.97 bits per heavy atom. The van der Waals surface area contributed by atoms with Crippen molar-refractivity contribution >= 4 is 0 Å². The third-order valence-electron chi connectivity index (χ3n) is 5.34. The van der Waals surface area contributed by atoms with Gasteiger partial charge in [0, 0.05) is 25.4 Å². The van der Waals surface area contributed by atoms with Gasteiger partial charge in [0.25, 0.3) is 0 Å². The van der Waals surface area contributed by atoms with Gasteiger partial charge in [0.15, 0.2) is 11.5 Å². The molecule has 1 fully saturated rings. The molecule has 5 heteroatoms. The molecule has 0 N–H and O–H groups in total. The Bertz CT molecular complexity index is 1010. The minimum absolute atomic E-state index is 0.438. The molecular weight excluding hydrogens is 374 g/mol. The number of nitrogens with zero attached hydrogens (tertiary/aromatic N) is 3. The number of rotatable bonds is 7. The standard InChI is InChI=1S/C25H25N3O2/c1-2-29-24-14-19(8-10-23(24)30-25-11-9-20(15-26)16-27-25)17-28-13-12-22(18-28)21-6-4-3-5-7-21/h3-11,14,16,22H,2,12-13,17-18H2,1H3. The lowest BCUT2D eigenvalue weighted by Gasteiger charge is -2.18. The molecule has 1 aliphatic rings. The molecule has 1 saturated heterocycles. The number of hydrogen-bond donors (Lipinski definition) is 0. The summed E-state index contributed by atoms with van der Waals surface area (Å²) < 4.78 is 11.7. The summed E-state index contributed by atoms with van der Waals surface area (Å²) in [7, 11) is 0. The summed E-state index contributed by atoms with van der Waals surface area (Å²) in [6, 6.07) is 22.3. The maximum absolute atomic E-state index is 8.91. The van der Waals surface area contributed by atoms with E-state index < -0.39 is 0 Å². The molecule has 1 atom stereocenters. The van der Waals surface area contributed by atoms with E-state index in [1.54, 1.807) is 12.1 Å². The smallest absolute Gasteiger partial charge is 0.219 e. The van der Waals surface area contributed by atoms with Crippen LogP contribution in [0, 0.1) is 11.3 Å². The minimum atomic E-state index is 0.438. The van der Waals surface area contributed by atoms with Crippen LogP contribution in [0.25, 0.3) is 0 Å². The van der Waals surface area contributed by atoms with Gasteiger partial charge in [-0.25, -0.2) is 4.98 Å². The van der Waals surface area contributed by atoms with Crippen LogP contribution in [-0.2, 0) is 6.54 Å². The van der Waals surface area contributed by atoms with E-state index in [9.17, 15) is 0 Å². The first kappa shape index (κ1) is 19.9. The van der Waals surface area contributed by atoms with Crippen molar-refractivity contribution in [2.24, 2.45) is 0 Å². The van der Waals surface area contributed by atoms with Gasteiger partial charge in [0.05, 0.1) is 12.2 Å². The highest BCUT2D eigenvalue weighted by atomic mass is 16.5. The van der Waals surface area contributed by atoms with Crippen molar-refractivity contribution in [3.8, 4) is 23.4 Å². The van der Waals surface area contributed by atoms with Gasteiger partial charge in [-0.2, -0.15) is 5.26 Å². The van der Waals surface area contributed by atoms with Crippen LogP contribution in [0.2, 0.25) is 0 Å². The predicted octanol–water partition coefficient (Wildman–Crippen LogP) is 5.13. The Morgan fingerprint density at radius 1 is 1.10 bits per heavy atom. The summed E-state index contributed by atoms with van der Waals surface area (Å²) in [6.07, 6.45) is 2.69. The van der Waals surface area contributed by atoms with E-state index in [-0.39, 0.29) is 0 Å². The Balaban J connectivity index is 1.44. The van der Waals surface area contributed by atoms with E-state index in [1.165, 1.54) is 23.7 Å². The van der Waals surface area contributed by atoms with E-state index >= 15 is 0 Å². The summed E-state index contributed by atoms with van der Waals surface area (Å²) >= 11 is 0. The average Bonchev–Trinajstić information content (AvgIpc) is 3.25. The van der Waals surface area contributed by atoms with Crippen molar-refractivity contribution in [3.05, 3.63) is 83.6 Å². The van der Waals surface area contributed by atoms with Gasteiger partial charge >= 0.3 is 0 Å². The van der Waals surface area contributed by atoms with Crippen LogP contribution in [0.15, 0.2) is 66.9 Å². The molecule has 0 saturated carbocycles. The second-order valence-electron chi connectivity index (χ2n) is 7.44. The third-order valence-corrected chi connectivity index (χ3v) is 5.34. The predicted molar refractivity (Wildman–Crippen MR) is 116 cm³/mol. The fraction of sp³-hybridized carbons (Fsp3) is 0.280. The highest BCUT2D eigenvalue weighted by molar-refractivity contribution is 5.45. The Hall–Kier alpha value is -3.36. The van der Waals surface area contributed by atoms with Crippen LogP contribution in [0.4, 0.5) is 0 Å². The monoisotopic (exact) mass is 399 g/mol. The Labute approximate surface area is 177 Å². The number of ether oxygens (including phenoxy) is 2. The molecule has 0 amide bonds. The first-order valence-electron chi connectivity index (χ1n) is 10.3. The number of benzene rings is 2. The van der Waals surface area contributed by atoms with Crippen molar-refractivity contribution in [1.82, 2.24) is 9.88 Å². The topological polar surface area (TPSA) is 58.4 Å². The van der Waals surface area contributed by atoms with Gasteiger partial charge in [-0.1, -0.05) is 36.4 Å². The normalized spacial score (nSPS) is 16.2. The van der Waals surface area contributed by atoms with Gasteiger partial charge < -0.3 is 9.47 Å². The fourth-order valence-corrected chi connectivity index (χ4v) is 3.85. The van der Waals surface area contributed by atoms with Crippen LogP contribution in [-0.4, -0.2) is 29.6 Å². The van der Waals surface area contributed by atoms with E-state index in [0.29, 0.717) is 35.5 Å². The van der Waals surface area contributed by atoms with Crippen molar-refractivity contribution < 1.29 is 9.47 Å². The van der Waals surface area contributed by atoms with Gasteiger partial charge in [-0.05, 0) is 55.1 Å². The Morgan fingerprint density at radius 3 is 2.70 bits per heavy atom. The number of aromatic nitrogens is 1. The van der Waals surface area contributed by atoms with E-state index in [2.05, 4.69) is 58.4 Å². The highest BCUT2D eigenvalue weighted by Crippen LogP contribution is 2.33. The van der Waals surface area contributed by atoms with Gasteiger partial charge in [0.1, 0.15) is 6.07 Å². The minimum Gasteiger partial charge on any atom is -0.490 e. The van der Waals surface area contributed by atoms with Crippen LogP contribution >= 0.6 is 0 Å². The first-order chi connectivity index (χ1) is 14.7. The summed E-state index contributed by atoms with van der Waals surface area (Å²) in [5.41, 5.74) is 3.13. The maximum Gasteiger partial charge on any atom is 0.219 e. The lowest BCUT2D eigenvalue weighted by atomic mass is 9.99. The summed E-state index contributed by atoms with van der Waals surface area (Å²) in [5, 5.41) is 8.91. The summed E-state index contributed by atoms with van der Waals surface area (Å²) in [6.45, 7) is 5.57. The second-order valence-corrected chi connectivity index (χ2v) is 7.44. The van der Waals surface area contributed by atoms with E-state index in [4.69, 9.17) is 14.7 Å². The zero-order valence-electron chi connectivity index (χ0n) is 17.1. The molecule has 3 aromatic rings. The van der Waals surface area contributed by atoms with Crippen LogP contribution in [0.5, 0.6) is 17.4 Å². The quantitative estimate of drug-likeness (QED) is 0.551. The molecule has 30 heavy (non-hydrogen) atoms. The van der Waals surface area contributed by atoms with Crippen LogP contribution in [0.1, 0.15) is 36.0 Å². The summed E-state index contributed by atoms with van der Waals surface area (Å²) in [4.78, 5) is 6.67. The zero-order valence-corrected chi connectivity index (χ0v) is 17.1. The van der Waals surface area contributed by atoms with E-state index in [0.717, 1.165) is 19.6 Å². The Kier molecular flexibility index (Phi) is 6.26. The molecule has 1 aromatic heterocycles. The molecule has 1 unspecified atom stereocenters. The lowest BCUT2D eigenvalue weighted by Crippen LogP contribution is -2.19. The third kappa shape index (κ3) is 4.79. The molecule has 5 nitrogen and oxygen atoms in total. The SMILES string of the molecule is CCOc1cc(CN2CCC(c3ccccc3)C2)ccc1Oc1ccc(C#N)cn1. The molecule has 2 heterocycles. The fourth-order valence-electron chi connectivity index (χ4n) is 3.85. The molecular formula is C25H25N3O2. The van der Waals surface area contributed by atoms with Crippen molar-refractivity contribution in [2.45, 2.75) is 25.8 Å². The van der Waals surface area contributed by atoms with Gasteiger partial charge in [-0.15, -0.1) is 0 Å². The summed E-state index contributed by atoms with van der Waals surface area (Å²) in [5.74, 6) is 2.37. The average molecular weight is 399 g/mol. The zero-order chi connectivity index (χ0) is 20.8. The molecule has 0 aliphatic carbocycles. The molecule has 1 aliphatic heterocycles. The number of pyridine rings is 1. The van der Waals surface area contributed by atoms with Crippen molar-refractivity contribution in [2.75, 3.05) is 19.7 Å². The maximum atomic E-state index is 8.91.